The molecule has 0 spiro atoms. The molecule has 1 heteroatoms. The smallest absolute Gasteiger partial charge is 0.0704 e. The largest absolute Gasteiger partial charge is 0.114 e. The maximum absolute atomic E-state index is 2.65. The zero-order valence-corrected chi connectivity index (χ0v) is 30.3. The number of fused-ring (bicyclic) bond motifs is 2. The van der Waals surface area contributed by atoms with Crippen molar-refractivity contribution in [1.82, 2.24) is 0 Å². The van der Waals surface area contributed by atoms with E-state index in [0.29, 0.717) is 11.1 Å². The zero-order chi connectivity index (χ0) is 32.3. The molecule has 2 aliphatic carbocycles. The molecule has 0 amide bonds. The molecular weight excluding hydrogens is 557 g/mol. The summed E-state index contributed by atoms with van der Waals surface area (Å²) in [6.45, 7) is 23.9. The van der Waals surface area contributed by atoms with E-state index < -0.39 is 8.07 Å². The molecule has 0 nitrogen and oxygen atoms in total. The molecule has 0 aliphatic heterocycles. The molecule has 0 unspecified atom stereocenters. The van der Waals surface area contributed by atoms with Crippen molar-refractivity contribution < 1.29 is 0 Å². The lowest BCUT2D eigenvalue weighted by Gasteiger charge is -2.42. The van der Waals surface area contributed by atoms with Gasteiger partial charge in [0.25, 0.3) is 0 Å². The molecule has 0 heterocycles. The molecule has 232 valence electrons. The lowest BCUT2D eigenvalue weighted by Crippen LogP contribution is -2.46. The topological polar surface area (TPSA) is 0 Å². The van der Waals surface area contributed by atoms with Crippen molar-refractivity contribution in [3.63, 3.8) is 0 Å². The van der Waals surface area contributed by atoms with E-state index in [4.69, 9.17) is 0 Å². The van der Waals surface area contributed by atoms with Gasteiger partial charge in [-0.05, 0) is 90.4 Å². The fourth-order valence-corrected chi connectivity index (χ4v) is 14.9. The maximum Gasteiger partial charge on any atom is 0.114 e. The Bertz CT molecular complexity index is 1680. The first-order valence-electron chi connectivity index (χ1n) is 17.1. The van der Waals surface area contributed by atoms with Crippen molar-refractivity contribution in [2.75, 3.05) is 0 Å². The fraction of sp³-hybridized carbons (Fsp3) is 0.364. The van der Waals surface area contributed by atoms with Gasteiger partial charge in [0.15, 0.2) is 0 Å². The van der Waals surface area contributed by atoms with Crippen LogP contribution in [0.5, 0.6) is 0 Å². The van der Waals surface area contributed by atoms with E-state index in [1.165, 1.54) is 55.6 Å². The van der Waals surface area contributed by atoms with Gasteiger partial charge in [-0.2, -0.15) is 0 Å². The Balaban J connectivity index is 1.47. The predicted molar refractivity (Wildman–Crippen MR) is 200 cm³/mol. The van der Waals surface area contributed by atoms with Gasteiger partial charge in [0, 0.05) is 0 Å². The van der Waals surface area contributed by atoms with Crippen LogP contribution in [-0.2, 0) is 23.7 Å². The summed E-state index contributed by atoms with van der Waals surface area (Å²) in [5.74, 6) is 0. The lowest BCUT2D eigenvalue weighted by molar-refractivity contribution is 0.590. The lowest BCUT2D eigenvalue weighted by atomic mass is 9.85. The van der Waals surface area contributed by atoms with Crippen molar-refractivity contribution in [2.45, 2.75) is 104 Å². The Morgan fingerprint density at radius 1 is 0.511 bits per heavy atom. The summed E-state index contributed by atoms with van der Waals surface area (Å²) in [5, 5.41) is 3.44. The molecule has 0 N–H and O–H groups in total. The number of hydrogen-bond acceptors (Lipinski definition) is 0. The van der Waals surface area contributed by atoms with E-state index in [1.54, 1.807) is 10.4 Å². The van der Waals surface area contributed by atoms with E-state index in [2.05, 4.69) is 166 Å². The Hall–Kier alpha value is -3.42. The highest BCUT2D eigenvalue weighted by molar-refractivity contribution is 6.96. The van der Waals surface area contributed by atoms with Crippen LogP contribution in [0.3, 0.4) is 0 Å². The first-order valence-corrected chi connectivity index (χ1v) is 19.2. The van der Waals surface area contributed by atoms with E-state index in [9.17, 15) is 0 Å². The third-order valence-electron chi connectivity index (χ3n) is 10.8. The molecule has 0 radical (unpaired) electrons. The van der Waals surface area contributed by atoms with Crippen LogP contribution in [0.2, 0.25) is 11.1 Å². The van der Waals surface area contributed by atoms with Crippen molar-refractivity contribution in [1.29, 1.82) is 0 Å². The summed E-state index contributed by atoms with van der Waals surface area (Å²) in [4.78, 5) is 0. The SMILES string of the molecule is CC(C)[Si](C1=Cc2c(cccc2-c2cccc(C(C)(C)C)c2)C1)(C1=Cc2c(cccc2-c2cccc(C(C)(C)C)c2)C1)C(C)C. The summed E-state index contributed by atoms with van der Waals surface area (Å²) >= 11 is 0. The summed E-state index contributed by atoms with van der Waals surface area (Å²) in [6.07, 6.45) is 7.47. The van der Waals surface area contributed by atoms with Crippen LogP contribution in [0.1, 0.15) is 103 Å². The molecule has 4 aromatic rings. The Morgan fingerprint density at radius 2 is 0.889 bits per heavy atom. The maximum atomic E-state index is 2.65. The minimum absolute atomic E-state index is 0.128. The average Bonchev–Trinajstić information content (AvgIpc) is 3.61. The van der Waals surface area contributed by atoms with Crippen LogP contribution >= 0.6 is 0 Å². The van der Waals surface area contributed by atoms with Gasteiger partial charge >= 0.3 is 0 Å². The molecule has 0 fully saturated rings. The highest BCUT2D eigenvalue weighted by atomic mass is 28.3. The van der Waals surface area contributed by atoms with Crippen LogP contribution < -0.4 is 0 Å². The van der Waals surface area contributed by atoms with Crippen molar-refractivity contribution >= 4 is 20.2 Å². The molecule has 45 heavy (non-hydrogen) atoms. The van der Waals surface area contributed by atoms with Crippen LogP contribution in [-0.4, -0.2) is 8.07 Å². The van der Waals surface area contributed by atoms with Gasteiger partial charge in [-0.3, -0.25) is 0 Å². The first-order chi connectivity index (χ1) is 21.2. The van der Waals surface area contributed by atoms with Gasteiger partial charge in [0.05, 0.1) is 0 Å². The third-order valence-corrected chi connectivity index (χ3v) is 17.2. The summed E-state index contributed by atoms with van der Waals surface area (Å²) < 4.78 is 0. The van der Waals surface area contributed by atoms with Crippen molar-refractivity contribution in [3.05, 3.63) is 129 Å². The second kappa shape index (κ2) is 11.4. The summed E-state index contributed by atoms with van der Waals surface area (Å²) in [7, 11) is -2.09. The number of allylic oxidation sites excluding steroid dienone is 2. The minimum atomic E-state index is -2.09. The van der Waals surface area contributed by atoms with Crippen molar-refractivity contribution in [3.8, 4) is 22.3 Å². The highest BCUT2D eigenvalue weighted by Crippen LogP contribution is 2.52. The predicted octanol–water partition coefficient (Wildman–Crippen LogP) is 12.5. The average molecular weight is 609 g/mol. The molecule has 0 saturated carbocycles. The van der Waals surface area contributed by atoms with Crippen LogP contribution in [0.4, 0.5) is 0 Å². The molecule has 0 atom stereocenters. The number of benzene rings is 4. The number of hydrogen-bond donors (Lipinski definition) is 0. The van der Waals surface area contributed by atoms with Gasteiger partial charge in [-0.25, -0.2) is 0 Å². The molecule has 0 saturated heterocycles. The van der Waals surface area contributed by atoms with Crippen LogP contribution in [0.25, 0.3) is 34.4 Å². The Morgan fingerprint density at radius 3 is 1.24 bits per heavy atom. The Kier molecular flexibility index (Phi) is 8.01. The van der Waals surface area contributed by atoms with Gasteiger partial charge in [0.1, 0.15) is 8.07 Å². The second-order valence-electron chi connectivity index (χ2n) is 16.3. The third kappa shape index (κ3) is 5.52. The van der Waals surface area contributed by atoms with E-state index >= 15 is 0 Å². The molecule has 2 aliphatic rings. The quantitative estimate of drug-likeness (QED) is 0.191. The molecule has 0 aromatic heterocycles. The fourth-order valence-electron chi connectivity index (χ4n) is 8.43. The summed E-state index contributed by atoms with van der Waals surface area (Å²) in [6, 6.07) is 32.5. The monoisotopic (exact) mass is 608 g/mol. The zero-order valence-electron chi connectivity index (χ0n) is 29.3. The Labute approximate surface area is 274 Å². The summed E-state index contributed by atoms with van der Waals surface area (Å²) in [5.41, 5.74) is 15.6. The number of rotatable bonds is 6. The molecular formula is C44H52Si. The van der Waals surface area contributed by atoms with E-state index in [1.807, 2.05) is 0 Å². The highest BCUT2D eigenvalue weighted by Gasteiger charge is 2.48. The van der Waals surface area contributed by atoms with Gasteiger partial charge in [0.2, 0.25) is 0 Å². The van der Waals surface area contributed by atoms with Crippen LogP contribution in [0.15, 0.2) is 95.3 Å². The molecule has 6 rings (SSSR count). The van der Waals surface area contributed by atoms with E-state index in [-0.39, 0.29) is 10.8 Å². The first kappa shape index (κ1) is 31.6. The second-order valence-corrected chi connectivity index (χ2v) is 21.6. The van der Waals surface area contributed by atoms with Gasteiger partial charge in [-0.15, -0.1) is 0 Å². The van der Waals surface area contributed by atoms with Crippen LogP contribution in [0, 0.1) is 0 Å². The van der Waals surface area contributed by atoms with Crippen molar-refractivity contribution in [2.24, 2.45) is 0 Å². The normalized spacial score (nSPS) is 14.9. The standard InChI is InChI=1S/C44H52Si/c1-29(2)45(30(3)4,37-25-33-17-13-21-39(41(33)27-37)31-15-11-19-35(23-31)43(5,6)7)38-26-34-18-14-22-40(42(34)28-38)32-16-12-20-36(24-32)44(8,9)10/h11-24,27-30H,25-26H2,1-10H3. The minimum Gasteiger partial charge on any atom is -0.0704 e. The van der Waals surface area contributed by atoms with Gasteiger partial charge < -0.3 is 0 Å². The van der Waals surface area contributed by atoms with E-state index in [0.717, 1.165) is 12.8 Å². The molecule has 0 bridgehead atoms. The van der Waals surface area contributed by atoms with Gasteiger partial charge in [-0.1, -0.05) is 177 Å². The molecule has 4 aromatic carbocycles.